The van der Waals surface area contributed by atoms with Crippen molar-refractivity contribution in [1.82, 2.24) is 10.2 Å². The van der Waals surface area contributed by atoms with Crippen LogP contribution in [0.25, 0.3) is 0 Å². The van der Waals surface area contributed by atoms with Gasteiger partial charge in [0.05, 0.1) is 15.8 Å². The third-order valence-corrected chi connectivity index (χ3v) is 6.07. The molecule has 2 amide bonds. The Morgan fingerprint density at radius 3 is 2.30 bits per heavy atom. The number of rotatable bonds is 8. The summed E-state index contributed by atoms with van der Waals surface area (Å²) in [6.07, 6.45) is 0. The molecular weight excluding hydrogens is 439 g/mol. The number of hydrogen-bond acceptors (Lipinski definition) is 3. The van der Waals surface area contributed by atoms with Crippen molar-refractivity contribution in [3.63, 3.8) is 0 Å². The van der Waals surface area contributed by atoms with Gasteiger partial charge in [-0.15, -0.1) is 11.8 Å². The van der Waals surface area contributed by atoms with Crippen LogP contribution in [0.5, 0.6) is 0 Å². The molecule has 0 saturated heterocycles. The lowest BCUT2D eigenvalue weighted by atomic mass is 10.1. The van der Waals surface area contributed by atoms with Crippen molar-refractivity contribution >= 4 is 46.8 Å². The molecule has 0 fully saturated rings. The Morgan fingerprint density at radius 2 is 1.70 bits per heavy atom. The van der Waals surface area contributed by atoms with E-state index in [1.54, 1.807) is 24.0 Å². The number of carbonyl (C=O) groups is 2. The number of nitrogens with one attached hydrogen (secondary N) is 1. The Kier molecular flexibility index (Phi) is 9.08. The van der Waals surface area contributed by atoms with Crippen molar-refractivity contribution < 1.29 is 9.59 Å². The van der Waals surface area contributed by atoms with Crippen LogP contribution in [-0.4, -0.2) is 34.0 Å². The highest BCUT2D eigenvalue weighted by atomic mass is 35.5. The van der Waals surface area contributed by atoms with Crippen LogP contribution in [-0.2, 0) is 21.9 Å². The SMILES string of the molecule is C[C@@H](C(=O)NC(C)(C)C)N(Cc1ccc(Cl)c(Cl)c1)C(=O)CSCc1ccccc1. The average molecular weight is 467 g/mol. The van der Waals surface area contributed by atoms with Crippen molar-refractivity contribution in [1.29, 1.82) is 0 Å². The molecule has 1 N–H and O–H groups in total. The second-order valence-corrected chi connectivity index (χ2v) is 9.96. The maximum atomic E-state index is 13.1. The molecule has 7 heteroatoms. The summed E-state index contributed by atoms with van der Waals surface area (Å²) in [5.41, 5.74) is 1.59. The smallest absolute Gasteiger partial charge is 0.242 e. The zero-order valence-corrected chi connectivity index (χ0v) is 20.1. The van der Waals surface area contributed by atoms with Crippen molar-refractivity contribution in [2.45, 2.75) is 51.6 Å². The van der Waals surface area contributed by atoms with E-state index in [2.05, 4.69) is 5.32 Å². The Bertz CT molecular complexity index is 869. The van der Waals surface area contributed by atoms with Gasteiger partial charge in [-0.1, -0.05) is 59.6 Å². The Balaban J connectivity index is 2.12. The number of thioether (sulfide) groups is 1. The minimum atomic E-state index is -0.622. The van der Waals surface area contributed by atoms with Gasteiger partial charge in [-0.25, -0.2) is 0 Å². The van der Waals surface area contributed by atoms with E-state index >= 15 is 0 Å². The van der Waals surface area contributed by atoms with Gasteiger partial charge in [0.1, 0.15) is 6.04 Å². The van der Waals surface area contributed by atoms with Gasteiger partial charge >= 0.3 is 0 Å². The topological polar surface area (TPSA) is 49.4 Å². The molecule has 162 valence electrons. The lowest BCUT2D eigenvalue weighted by Crippen LogP contribution is -2.52. The van der Waals surface area contributed by atoms with Gasteiger partial charge in [-0.3, -0.25) is 9.59 Å². The Hall–Kier alpha value is -1.69. The predicted molar refractivity (Wildman–Crippen MR) is 127 cm³/mol. The van der Waals surface area contributed by atoms with Gasteiger partial charge in [-0.05, 0) is 51.0 Å². The van der Waals surface area contributed by atoms with E-state index in [0.29, 0.717) is 10.0 Å². The lowest BCUT2D eigenvalue weighted by molar-refractivity contribution is -0.139. The first kappa shape index (κ1) is 24.6. The third kappa shape index (κ3) is 7.86. The van der Waals surface area contributed by atoms with Crippen LogP contribution in [0.2, 0.25) is 10.0 Å². The van der Waals surface area contributed by atoms with Crippen LogP contribution >= 0.6 is 35.0 Å². The predicted octanol–water partition coefficient (Wildman–Crippen LogP) is 5.56. The van der Waals surface area contributed by atoms with Crippen LogP contribution in [0.4, 0.5) is 0 Å². The van der Waals surface area contributed by atoms with E-state index in [4.69, 9.17) is 23.2 Å². The normalized spacial score (nSPS) is 12.3. The summed E-state index contributed by atoms with van der Waals surface area (Å²) < 4.78 is 0. The minimum absolute atomic E-state index is 0.0986. The van der Waals surface area contributed by atoms with Crippen molar-refractivity contribution in [3.05, 3.63) is 69.7 Å². The van der Waals surface area contributed by atoms with Gasteiger partial charge in [0.15, 0.2) is 0 Å². The van der Waals surface area contributed by atoms with E-state index in [0.717, 1.165) is 16.9 Å². The summed E-state index contributed by atoms with van der Waals surface area (Å²) in [4.78, 5) is 27.4. The fourth-order valence-electron chi connectivity index (χ4n) is 2.80. The van der Waals surface area contributed by atoms with Gasteiger partial charge in [0.25, 0.3) is 0 Å². The number of nitrogens with zero attached hydrogens (tertiary/aromatic N) is 1. The molecule has 0 spiro atoms. The number of hydrogen-bond donors (Lipinski definition) is 1. The minimum Gasteiger partial charge on any atom is -0.350 e. The number of carbonyl (C=O) groups excluding carboxylic acids is 2. The number of halogens is 2. The lowest BCUT2D eigenvalue weighted by Gasteiger charge is -2.31. The highest BCUT2D eigenvalue weighted by molar-refractivity contribution is 7.99. The van der Waals surface area contributed by atoms with Crippen LogP contribution in [0.1, 0.15) is 38.8 Å². The molecule has 30 heavy (non-hydrogen) atoms. The van der Waals surface area contributed by atoms with Gasteiger partial charge < -0.3 is 10.2 Å². The van der Waals surface area contributed by atoms with Crippen LogP contribution in [0, 0.1) is 0 Å². The van der Waals surface area contributed by atoms with Crippen molar-refractivity contribution in [3.8, 4) is 0 Å². The van der Waals surface area contributed by atoms with Crippen molar-refractivity contribution in [2.75, 3.05) is 5.75 Å². The zero-order chi connectivity index (χ0) is 22.3. The maximum Gasteiger partial charge on any atom is 0.242 e. The first-order valence-electron chi connectivity index (χ1n) is 9.74. The quantitative estimate of drug-likeness (QED) is 0.553. The second-order valence-electron chi connectivity index (χ2n) is 8.16. The number of benzene rings is 2. The van der Waals surface area contributed by atoms with Gasteiger partial charge in [0.2, 0.25) is 11.8 Å². The Morgan fingerprint density at radius 1 is 1.03 bits per heavy atom. The first-order valence-corrected chi connectivity index (χ1v) is 11.6. The average Bonchev–Trinajstić information content (AvgIpc) is 2.67. The molecule has 1 atom stereocenters. The molecule has 2 aromatic carbocycles. The molecule has 0 bridgehead atoms. The fraction of sp³-hybridized carbons (Fsp3) is 0.391. The molecule has 2 aromatic rings. The number of amides is 2. The largest absolute Gasteiger partial charge is 0.350 e. The highest BCUT2D eigenvalue weighted by Crippen LogP contribution is 2.24. The van der Waals surface area contributed by atoms with Crippen LogP contribution in [0.3, 0.4) is 0 Å². The molecule has 0 aromatic heterocycles. The van der Waals surface area contributed by atoms with E-state index in [9.17, 15) is 9.59 Å². The van der Waals surface area contributed by atoms with Crippen LogP contribution in [0.15, 0.2) is 48.5 Å². The maximum absolute atomic E-state index is 13.1. The zero-order valence-electron chi connectivity index (χ0n) is 17.7. The molecular formula is C23H28Cl2N2O2S. The van der Waals surface area contributed by atoms with Gasteiger partial charge in [0, 0.05) is 17.8 Å². The summed E-state index contributed by atoms with van der Waals surface area (Å²) in [6, 6.07) is 14.6. The highest BCUT2D eigenvalue weighted by Gasteiger charge is 2.28. The van der Waals surface area contributed by atoms with Gasteiger partial charge in [-0.2, -0.15) is 0 Å². The monoisotopic (exact) mass is 466 g/mol. The molecule has 0 aliphatic heterocycles. The standard InChI is InChI=1S/C23H28Cl2N2O2S/c1-16(22(29)26-23(2,3)4)27(13-18-10-11-19(24)20(25)12-18)21(28)15-30-14-17-8-6-5-7-9-17/h5-12,16H,13-15H2,1-4H3,(H,26,29)/t16-/m0/s1. The molecule has 0 saturated carbocycles. The Labute approximate surface area is 193 Å². The van der Waals surface area contributed by atoms with Crippen LogP contribution < -0.4 is 5.32 Å². The molecule has 0 radical (unpaired) electrons. The summed E-state index contributed by atoms with van der Waals surface area (Å²) in [6.45, 7) is 7.77. The molecule has 0 heterocycles. The molecule has 0 unspecified atom stereocenters. The molecule has 4 nitrogen and oxygen atoms in total. The molecule has 0 aliphatic rings. The summed E-state index contributed by atoms with van der Waals surface area (Å²) in [5.74, 6) is 0.724. The summed E-state index contributed by atoms with van der Waals surface area (Å²) in [5, 5.41) is 3.83. The van der Waals surface area contributed by atoms with E-state index in [-0.39, 0.29) is 29.7 Å². The second kappa shape index (κ2) is 11.1. The molecule has 0 aliphatic carbocycles. The molecule has 2 rings (SSSR count). The summed E-state index contributed by atoms with van der Waals surface area (Å²) >= 11 is 13.7. The van der Waals surface area contributed by atoms with E-state index in [1.807, 2.05) is 57.2 Å². The van der Waals surface area contributed by atoms with E-state index < -0.39 is 6.04 Å². The van der Waals surface area contributed by atoms with Crippen molar-refractivity contribution in [2.24, 2.45) is 0 Å². The first-order chi connectivity index (χ1) is 14.1. The fourth-order valence-corrected chi connectivity index (χ4v) is 4.00. The van der Waals surface area contributed by atoms with E-state index in [1.165, 1.54) is 11.8 Å². The summed E-state index contributed by atoms with van der Waals surface area (Å²) in [7, 11) is 0. The third-order valence-electron chi connectivity index (χ3n) is 4.34.